The second-order valence-corrected chi connectivity index (χ2v) is 6.19. The number of carbonyl (C=O) groups excluding carboxylic acids is 3. The molecule has 0 bridgehead atoms. The first-order valence-electron chi connectivity index (χ1n) is 9.04. The zero-order valence-corrected chi connectivity index (χ0v) is 16.2. The van der Waals surface area contributed by atoms with E-state index in [1.54, 1.807) is 6.92 Å². The van der Waals surface area contributed by atoms with Gasteiger partial charge in [0.15, 0.2) is 18.2 Å². The van der Waals surface area contributed by atoms with Crippen LogP contribution < -0.4 is 4.74 Å². The fraction of sp³-hybridized carbons (Fsp3) is 0.227. The van der Waals surface area contributed by atoms with Crippen LogP contribution in [0.5, 0.6) is 5.75 Å². The fourth-order valence-corrected chi connectivity index (χ4v) is 2.59. The third-order valence-electron chi connectivity index (χ3n) is 4.14. The van der Waals surface area contributed by atoms with Gasteiger partial charge >= 0.3 is 11.9 Å². The highest BCUT2D eigenvalue weighted by Gasteiger charge is 2.30. The van der Waals surface area contributed by atoms with Crippen molar-refractivity contribution >= 4 is 23.5 Å². The van der Waals surface area contributed by atoms with E-state index in [1.165, 1.54) is 48.5 Å². The number of esters is 1. The molecule has 0 amide bonds. The minimum atomic E-state index is -1.55. The summed E-state index contributed by atoms with van der Waals surface area (Å²) in [5.74, 6) is -4.39. The van der Waals surface area contributed by atoms with E-state index in [0.717, 1.165) is 0 Å². The highest BCUT2D eigenvalue weighted by Crippen LogP contribution is 2.19. The highest BCUT2D eigenvalue weighted by atomic mass is 16.6. The first-order chi connectivity index (χ1) is 14.3. The Morgan fingerprint density at radius 2 is 1.60 bits per heavy atom. The van der Waals surface area contributed by atoms with Gasteiger partial charge < -0.3 is 14.6 Å². The Morgan fingerprint density at radius 3 is 2.13 bits per heavy atom. The number of hydrogen-bond acceptors (Lipinski definition) is 7. The Hall–Kier alpha value is -3.99. The number of hydrogen-bond donors (Lipinski definition) is 1. The van der Waals surface area contributed by atoms with Crippen LogP contribution in [0.15, 0.2) is 48.5 Å². The minimum absolute atomic E-state index is 0.108. The Labute approximate surface area is 172 Å². The lowest BCUT2D eigenvalue weighted by Gasteiger charge is -2.11. The number of carboxylic acids is 1. The van der Waals surface area contributed by atoms with Gasteiger partial charge in [0.25, 0.3) is 0 Å². The molecule has 0 aliphatic carbocycles. The van der Waals surface area contributed by atoms with Crippen molar-refractivity contribution in [3.63, 3.8) is 0 Å². The largest absolute Gasteiger partial charge is 0.482 e. The molecule has 0 saturated carbocycles. The SMILES string of the molecule is CCOC(=O)COc1ccc(C(=O)CC(C(=O)O)C(=O)c2ccc(C#N)cc2)cc1. The molecule has 0 aromatic heterocycles. The molecule has 0 aliphatic rings. The standard InChI is InChI=1S/C22H19NO7/c1-2-29-20(25)13-30-17-9-7-15(8-10-17)19(24)11-18(22(27)28)21(26)16-5-3-14(12-23)4-6-16/h3-10,18H,2,11,13H2,1H3,(H,27,28). The van der Waals surface area contributed by atoms with Crippen LogP contribution in [-0.4, -0.2) is 41.8 Å². The van der Waals surface area contributed by atoms with Gasteiger partial charge in [0.1, 0.15) is 11.7 Å². The van der Waals surface area contributed by atoms with Gasteiger partial charge in [0, 0.05) is 17.5 Å². The maximum absolute atomic E-state index is 12.5. The predicted molar refractivity (Wildman–Crippen MR) is 104 cm³/mol. The maximum Gasteiger partial charge on any atom is 0.344 e. The van der Waals surface area contributed by atoms with E-state index in [0.29, 0.717) is 11.3 Å². The maximum atomic E-state index is 12.5. The average molecular weight is 409 g/mol. The average Bonchev–Trinajstić information content (AvgIpc) is 2.76. The number of ether oxygens (including phenoxy) is 2. The van der Waals surface area contributed by atoms with E-state index in [1.807, 2.05) is 6.07 Å². The van der Waals surface area contributed by atoms with Gasteiger partial charge in [-0.05, 0) is 43.3 Å². The van der Waals surface area contributed by atoms with Crippen LogP contribution in [0.4, 0.5) is 0 Å². The first kappa shape index (κ1) is 22.3. The number of nitriles is 1. The molecule has 0 radical (unpaired) electrons. The molecule has 2 rings (SSSR count). The molecule has 2 aromatic rings. The van der Waals surface area contributed by atoms with Crippen LogP contribution in [0.25, 0.3) is 0 Å². The zero-order chi connectivity index (χ0) is 22.1. The third kappa shape index (κ3) is 6.01. The van der Waals surface area contributed by atoms with E-state index < -0.39 is 35.8 Å². The molecule has 1 unspecified atom stereocenters. The molecular formula is C22H19NO7. The van der Waals surface area contributed by atoms with E-state index in [2.05, 4.69) is 0 Å². The molecule has 30 heavy (non-hydrogen) atoms. The van der Waals surface area contributed by atoms with Gasteiger partial charge in [-0.2, -0.15) is 5.26 Å². The predicted octanol–water partition coefficient (Wildman–Crippen LogP) is 2.66. The van der Waals surface area contributed by atoms with Gasteiger partial charge in [0.05, 0.1) is 18.2 Å². The summed E-state index contributed by atoms with van der Waals surface area (Å²) < 4.78 is 9.97. The van der Waals surface area contributed by atoms with Crippen LogP contribution >= 0.6 is 0 Å². The molecule has 0 spiro atoms. The number of aliphatic carboxylic acids is 1. The number of carbonyl (C=O) groups is 4. The Morgan fingerprint density at radius 1 is 1.00 bits per heavy atom. The molecule has 2 aromatic carbocycles. The van der Waals surface area contributed by atoms with Crippen molar-refractivity contribution in [3.05, 3.63) is 65.2 Å². The van der Waals surface area contributed by atoms with Gasteiger partial charge in [-0.25, -0.2) is 4.79 Å². The summed E-state index contributed by atoms with van der Waals surface area (Å²) >= 11 is 0. The normalized spacial score (nSPS) is 11.1. The number of nitrogens with zero attached hydrogens (tertiary/aromatic N) is 1. The summed E-state index contributed by atoms with van der Waals surface area (Å²) in [5.41, 5.74) is 0.647. The van der Waals surface area contributed by atoms with E-state index in [-0.39, 0.29) is 24.3 Å². The monoisotopic (exact) mass is 409 g/mol. The lowest BCUT2D eigenvalue weighted by molar-refractivity contribution is -0.145. The quantitative estimate of drug-likeness (QED) is 0.360. The topological polar surface area (TPSA) is 131 Å². The van der Waals surface area contributed by atoms with Crippen LogP contribution in [0.1, 0.15) is 39.6 Å². The summed E-state index contributed by atoms with van der Waals surface area (Å²) in [6, 6.07) is 13.2. The molecule has 8 nitrogen and oxygen atoms in total. The minimum Gasteiger partial charge on any atom is -0.482 e. The fourth-order valence-electron chi connectivity index (χ4n) is 2.59. The second-order valence-electron chi connectivity index (χ2n) is 6.19. The Kier molecular flexibility index (Phi) is 7.82. The van der Waals surface area contributed by atoms with Crippen LogP contribution in [0.2, 0.25) is 0 Å². The number of carboxylic acid groups (broad SMARTS) is 1. The molecule has 8 heteroatoms. The number of rotatable bonds is 10. The second kappa shape index (κ2) is 10.5. The van der Waals surface area contributed by atoms with Crippen molar-refractivity contribution in [2.45, 2.75) is 13.3 Å². The molecule has 154 valence electrons. The molecule has 0 heterocycles. The van der Waals surface area contributed by atoms with E-state index >= 15 is 0 Å². The summed E-state index contributed by atoms with van der Waals surface area (Å²) in [5, 5.41) is 18.2. The summed E-state index contributed by atoms with van der Waals surface area (Å²) in [4.78, 5) is 47.9. The van der Waals surface area contributed by atoms with Crippen LogP contribution in [-0.2, 0) is 14.3 Å². The Balaban J connectivity index is 2.05. The van der Waals surface area contributed by atoms with Crippen molar-refractivity contribution in [3.8, 4) is 11.8 Å². The van der Waals surface area contributed by atoms with Crippen molar-refractivity contribution < 1.29 is 33.8 Å². The first-order valence-corrected chi connectivity index (χ1v) is 9.04. The van der Waals surface area contributed by atoms with Gasteiger partial charge in [0.2, 0.25) is 0 Å². The molecule has 1 N–H and O–H groups in total. The number of ketones is 2. The van der Waals surface area contributed by atoms with Crippen molar-refractivity contribution in [1.29, 1.82) is 5.26 Å². The molecule has 0 fully saturated rings. The van der Waals surface area contributed by atoms with E-state index in [4.69, 9.17) is 14.7 Å². The third-order valence-corrected chi connectivity index (χ3v) is 4.14. The lowest BCUT2D eigenvalue weighted by Crippen LogP contribution is -2.26. The highest BCUT2D eigenvalue weighted by molar-refractivity contribution is 6.12. The van der Waals surface area contributed by atoms with Gasteiger partial charge in [-0.1, -0.05) is 12.1 Å². The van der Waals surface area contributed by atoms with Crippen LogP contribution in [0, 0.1) is 17.2 Å². The molecule has 0 aliphatic heterocycles. The zero-order valence-electron chi connectivity index (χ0n) is 16.2. The molecule has 0 saturated heterocycles. The summed E-state index contributed by atoms with van der Waals surface area (Å²) in [6.07, 6.45) is -0.517. The Bertz CT molecular complexity index is 972. The van der Waals surface area contributed by atoms with E-state index in [9.17, 15) is 24.3 Å². The van der Waals surface area contributed by atoms with Crippen LogP contribution in [0.3, 0.4) is 0 Å². The van der Waals surface area contributed by atoms with Gasteiger partial charge in [-0.15, -0.1) is 0 Å². The van der Waals surface area contributed by atoms with Crippen molar-refractivity contribution in [2.24, 2.45) is 5.92 Å². The van der Waals surface area contributed by atoms with Crippen molar-refractivity contribution in [1.82, 2.24) is 0 Å². The van der Waals surface area contributed by atoms with Gasteiger partial charge in [-0.3, -0.25) is 14.4 Å². The number of Topliss-reactive ketones (excluding diaryl/α,β-unsaturated/α-hetero) is 2. The smallest absolute Gasteiger partial charge is 0.344 e. The molecular weight excluding hydrogens is 390 g/mol. The van der Waals surface area contributed by atoms with Crippen molar-refractivity contribution in [2.75, 3.05) is 13.2 Å². The summed E-state index contributed by atoms with van der Waals surface area (Å²) in [7, 11) is 0. The number of benzene rings is 2. The summed E-state index contributed by atoms with van der Waals surface area (Å²) in [6.45, 7) is 1.64. The molecule has 1 atom stereocenters. The lowest BCUT2D eigenvalue weighted by atomic mass is 9.90.